The Bertz CT molecular complexity index is 247. The van der Waals surface area contributed by atoms with Crippen molar-refractivity contribution >= 4 is 5.91 Å². The number of rotatable bonds is 4. The fourth-order valence-corrected chi connectivity index (χ4v) is 1.46. The van der Waals surface area contributed by atoms with Crippen LogP contribution in [-0.2, 0) is 4.79 Å². The third-order valence-electron chi connectivity index (χ3n) is 2.07. The number of nitrogens with two attached hydrogens (primary N) is 1. The molecule has 0 fully saturated rings. The first-order valence-electron chi connectivity index (χ1n) is 5.19. The maximum Gasteiger partial charge on any atom is 0.224 e. The fraction of sp³-hybridized carbons (Fsp3) is 0.750. The molecular weight excluding hydrogens is 188 g/mol. The molecule has 0 rings (SSSR count). The van der Waals surface area contributed by atoms with E-state index < -0.39 is 0 Å². The summed E-state index contributed by atoms with van der Waals surface area (Å²) in [6, 6.07) is -0.0854. The molecule has 0 heterocycles. The van der Waals surface area contributed by atoms with E-state index in [1.807, 2.05) is 0 Å². The molecule has 0 spiro atoms. The summed E-state index contributed by atoms with van der Waals surface area (Å²) in [4.78, 5) is 13.1. The van der Waals surface area contributed by atoms with Crippen LogP contribution in [0.4, 0.5) is 0 Å². The van der Waals surface area contributed by atoms with Gasteiger partial charge in [-0.1, -0.05) is 26.7 Å². The van der Waals surface area contributed by atoms with E-state index in [2.05, 4.69) is 26.7 Å². The van der Waals surface area contributed by atoms with E-state index in [-0.39, 0.29) is 17.4 Å². The summed E-state index contributed by atoms with van der Waals surface area (Å²) >= 11 is 0. The Balaban J connectivity index is 4.03. The molecule has 15 heavy (non-hydrogen) atoms. The predicted molar refractivity (Wildman–Crippen MR) is 63.1 cm³/mol. The minimum absolute atomic E-state index is 0.0182. The number of hydrogen-bond donors (Lipinski definition) is 1. The Morgan fingerprint density at radius 3 is 2.47 bits per heavy atom. The maximum atomic E-state index is 11.6. The fourth-order valence-electron chi connectivity index (χ4n) is 1.46. The highest BCUT2D eigenvalue weighted by molar-refractivity contribution is 5.76. The molecule has 86 valence electrons. The van der Waals surface area contributed by atoms with Gasteiger partial charge in [-0.2, -0.15) is 0 Å². The van der Waals surface area contributed by atoms with Crippen LogP contribution < -0.4 is 5.73 Å². The van der Waals surface area contributed by atoms with E-state index in [1.165, 1.54) is 4.90 Å². The summed E-state index contributed by atoms with van der Waals surface area (Å²) in [7, 11) is 1.70. The number of carbonyl (C=O) groups is 1. The lowest BCUT2D eigenvalue weighted by atomic mass is 9.87. The second-order valence-electron chi connectivity index (χ2n) is 5.18. The van der Waals surface area contributed by atoms with Crippen molar-refractivity contribution in [3.63, 3.8) is 0 Å². The average Bonchev–Trinajstić information content (AvgIpc) is 2.00. The van der Waals surface area contributed by atoms with Crippen LogP contribution >= 0.6 is 0 Å². The molecule has 0 saturated heterocycles. The minimum Gasteiger partial charge on any atom is -0.335 e. The SMILES string of the molecule is C#CCN(C)C(=O)CC(N)CC(C)(C)C. The molecule has 3 heteroatoms. The molecule has 0 aromatic carbocycles. The van der Waals surface area contributed by atoms with Gasteiger partial charge < -0.3 is 10.6 Å². The second-order valence-corrected chi connectivity index (χ2v) is 5.18. The average molecular weight is 210 g/mol. The number of carbonyl (C=O) groups excluding carboxylic acids is 1. The lowest BCUT2D eigenvalue weighted by molar-refractivity contribution is -0.129. The quantitative estimate of drug-likeness (QED) is 0.709. The van der Waals surface area contributed by atoms with Crippen LogP contribution in [0.5, 0.6) is 0 Å². The molecule has 0 bridgehead atoms. The van der Waals surface area contributed by atoms with Crippen molar-refractivity contribution in [2.75, 3.05) is 13.6 Å². The number of nitrogens with zero attached hydrogens (tertiary/aromatic N) is 1. The van der Waals surface area contributed by atoms with Gasteiger partial charge in [0.05, 0.1) is 6.54 Å². The van der Waals surface area contributed by atoms with E-state index >= 15 is 0 Å². The van der Waals surface area contributed by atoms with Gasteiger partial charge in [0, 0.05) is 19.5 Å². The first-order valence-corrected chi connectivity index (χ1v) is 5.19. The van der Waals surface area contributed by atoms with Crippen molar-refractivity contribution < 1.29 is 4.79 Å². The molecule has 0 radical (unpaired) electrons. The van der Waals surface area contributed by atoms with E-state index in [1.54, 1.807) is 7.05 Å². The molecule has 0 aromatic heterocycles. The summed E-state index contributed by atoms with van der Waals surface area (Å²) in [5.74, 6) is 2.45. The summed E-state index contributed by atoms with van der Waals surface area (Å²) in [5.41, 5.74) is 6.05. The van der Waals surface area contributed by atoms with E-state index in [0.717, 1.165) is 6.42 Å². The molecule has 0 aromatic rings. The largest absolute Gasteiger partial charge is 0.335 e. The van der Waals surface area contributed by atoms with Gasteiger partial charge in [-0.3, -0.25) is 4.79 Å². The van der Waals surface area contributed by atoms with Crippen LogP contribution in [0.1, 0.15) is 33.6 Å². The van der Waals surface area contributed by atoms with Crippen LogP contribution in [0.25, 0.3) is 0 Å². The highest BCUT2D eigenvalue weighted by Crippen LogP contribution is 2.21. The molecule has 1 amide bonds. The van der Waals surface area contributed by atoms with Crippen molar-refractivity contribution in [2.24, 2.45) is 11.1 Å². The van der Waals surface area contributed by atoms with Crippen LogP contribution in [-0.4, -0.2) is 30.4 Å². The minimum atomic E-state index is -0.0854. The second kappa shape index (κ2) is 5.77. The van der Waals surface area contributed by atoms with Crippen molar-refractivity contribution in [3.8, 4) is 12.3 Å². The number of amides is 1. The first kappa shape index (κ1) is 14.0. The molecule has 0 aliphatic rings. The lowest BCUT2D eigenvalue weighted by Crippen LogP contribution is -2.35. The molecule has 0 aliphatic heterocycles. The summed E-state index contributed by atoms with van der Waals surface area (Å²) in [5, 5.41) is 0. The standard InChI is InChI=1S/C12H22N2O/c1-6-7-14(5)11(15)8-10(13)9-12(2,3)4/h1,10H,7-9,13H2,2-5H3. The topological polar surface area (TPSA) is 46.3 Å². The smallest absolute Gasteiger partial charge is 0.224 e. The zero-order chi connectivity index (χ0) is 12.1. The monoisotopic (exact) mass is 210 g/mol. The van der Waals surface area contributed by atoms with Crippen LogP contribution in [0.15, 0.2) is 0 Å². The van der Waals surface area contributed by atoms with Gasteiger partial charge in [0.2, 0.25) is 5.91 Å². The van der Waals surface area contributed by atoms with Gasteiger partial charge in [0.25, 0.3) is 0 Å². The zero-order valence-corrected chi connectivity index (χ0v) is 10.2. The predicted octanol–water partition coefficient (Wildman–Crippen LogP) is 1.23. The van der Waals surface area contributed by atoms with Crippen molar-refractivity contribution in [1.82, 2.24) is 4.90 Å². The van der Waals surface area contributed by atoms with Gasteiger partial charge in [-0.15, -0.1) is 6.42 Å². The van der Waals surface area contributed by atoms with Crippen LogP contribution in [0.2, 0.25) is 0 Å². The highest BCUT2D eigenvalue weighted by atomic mass is 16.2. The third-order valence-corrected chi connectivity index (χ3v) is 2.07. The Hall–Kier alpha value is -1.01. The summed E-state index contributed by atoms with van der Waals surface area (Å²) < 4.78 is 0. The molecule has 1 unspecified atom stereocenters. The van der Waals surface area contributed by atoms with Crippen molar-refractivity contribution in [2.45, 2.75) is 39.7 Å². The summed E-state index contributed by atoms with van der Waals surface area (Å²) in [6.45, 7) is 6.69. The van der Waals surface area contributed by atoms with E-state index in [9.17, 15) is 4.79 Å². The molecular formula is C12H22N2O. The van der Waals surface area contributed by atoms with Crippen LogP contribution in [0, 0.1) is 17.8 Å². The normalized spacial score (nSPS) is 13.1. The number of terminal acetylenes is 1. The number of hydrogen-bond acceptors (Lipinski definition) is 2. The molecule has 3 nitrogen and oxygen atoms in total. The first-order chi connectivity index (χ1) is 6.76. The summed E-state index contributed by atoms with van der Waals surface area (Å²) in [6.07, 6.45) is 6.33. The van der Waals surface area contributed by atoms with Crippen LogP contribution in [0.3, 0.4) is 0 Å². The van der Waals surface area contributed by atoms with Gasteiger partial charge in [-0.05, 0) is 11.8 Å². The molecule has 0 aliphatic carbocycles. The van der Waals surface area contributed by atoms with Crippen molar-refractivity contribution in [3.05, 3.63) is 0 Å². The lowest BCUT2D eigenvalue weighted by Gasteiger charge is -2.24. The Labute approximate surface area is 93.0 Å². The van der Waals surface area contributed by atoms with E-state index in [0.29, 0.717) is 13.0 Å². The Kier molecular flexibility index (Phi) is 5.38. The van der Waals surface area contributed by atoms with Gasteiger partial charge in [-0.25, -0.2) is 0 Å². The zero-order valence-electron chi connectivity index (χ0n) is 10.2. The molecule has 2 N–H and O–H groups in total. The Morgan fingerprint density at radius 2 is 2.07 bits per heavy atom. The van der Waals surface area contributed by atoms with Gasteiger partial charge in [0.1, 0.15) is 0 Å². The highest BCUT2D eigenvalue weighted by Gasteiger charge is 2.19. The molecule has 0 saturated carbocycles. The van der Waals surface area contributed by atoms with Gasteiger partial charge in [0.15, 0.2) is 0 Å². The van der Waals surface area contributed by atoms with Gasteiger partial charge >= 0.3 is 0 Å². The molecule has 1 atom stereocenters. The van der Waals surface area contributed by atoms with E-state index in [4.69, 9.17) is 12.2 Å². The third kappa shape index (κ3) is 6.98. The maximum absolute atomic E-state index is 11.6. The van der Waals surface area contributed by atoms with Crippen molar-refractivity contribution in [1.29, 1.82) is 0 Å². The Morgan fingerprint density at radius 1 is 1.53 bits per heavy atom.